The van der Waals surface area contributed by atoms with Crippen LogP contribution in [0.4, 0.5) is 0 Å². The van der Waals surface area contributed by atoms with Crippen molar-refractivity contribution in [2.75, 3.05) is 27.6 Å². The van der Waals surface area contributed by atoms with Gasteiger partial charge in [-0.3, -0.25) is 4.79 Å². The first-order chi connectivity index (χ1) is 17.4. The van der Waals surface area contributed by atoms with E-state index < -0.39 is 22.5 Å². The molecule has 36 heavy (non-hydrogen) atoms. The number of nitrogens with zero attached hydrogens (tertiary/aromatic N) is 2. The molecule has 1 aliphatic rings. The molecule has 0 fully saturated rings. The highest BCUT2D eigenvalue weighted by Crippen LogP contribution is 2.32. The minimum atomic E-state index is -4.17. The molecule has 0 saturated heterocycles. The van der Waals surface area contributed by atoms with Crippen LogP contribution in [0.1, 0.15) is 11.1 Å². The molecular weight excluding hydrogens is 486 g/mol. The fourth-order valence-corrected chi connectivity index (χ4v) is 5.06. The van der Waals surface area contributed by atoms with Gasteiger partial charge < -0.3 is 18.9 Å². The zero-order chi connectivity index (χ0) is 25.5. The van der Waals surface area contributed by atoms with E-state index in [-0.39, 0.29) is 24.0 Å². The van der Waals surface area contributed by atoms with E-state index in [9.17, 15) is 13.2 Å². The number of ether oxygens (including phenoxy) is 4. The van der Waals surface area contributed by atoms with Crippen molar-refractivity contribution in [3.05, 3.63) is 77.9 Å². The quantitative estimate of drug-likeness (QED) is 0.329. The van der Waals surface area contributed by atoms with Gasteiger partial charge in [0.05, 0.1) is 27.0 Å². The first kappa shape index (κ1) is 25.0. The number of fused-ring (bicyclic) bond motifs is 1. The van der Waals surface area contributed by atoms with Gasteiger partial charge in [-0.2, -0.15) is 9.41 Å². The van der Waals surface area contributed by atoms with Crippen molar-refractivity contribution >= 4 is 22.1 Å². The first-order valence-corrected chi connectivity index (χ1v) is 12.3. The normalized spacial score (nSPS) is 12.6. The molecule has 0 spiro atoms. The van der Waals surface area contributed by atoms with Gasteiger partial charge >= 0.3 is 0 Å². The molecule has 0 unspecified atom stereocenters. The minimum absolute atomic E-state index is 0.0389. The van der Waals surface area contributed by atoms with Crippen LogP contribution in [-0.2, 0) is 21.4 Å². The number of hydrogen-bond acceptors (Lipinski definition) is 8. The molecule has 0 saturated carbocycles. The fourth-order valence-electron chi connectivity index (χ4n) is 3.51. The number of amides is 1. The summed E-state index contributed by atoms with van der Waals surface area (Å²) in [5.41, 5.74) is 3.77. The van der Waals surface area contributed by atoms with Gasteiger partial charge in [-0.25, -0.2) is 13.8 Å². The van der Waals surface area contributed by atoms with E-state index in [1.807, 2.05) is 6.07 Å². The molecule has 0 atom stereocenters. The molecule has 0 bridgehead atoms. The number of carbonyl (C=O) groups is 1. The van der Waals surface area contributed by atoms with Crippen LogP contribution in [0.5, 0.6) is 23.0 Å². The third-order valence-corrected chi connectivity index (χ3v) is 7.12. The number of hydrazone groups is 1. The maximum Gasteiger partial charge on any atom is 0.255 e. The van der Waals surface area contributed by atoms with Crippen LogP contribution < -0.4 is 24.4 Å². The van der Waals surface area contributed by atoms with Gasteiger partial charge in [0.15, 0.2) is 11.5 Å². The van der Waals surface area contributed by atoms with Crippen LogP contribution in [0.2, 0.25) is 0 Å². The predicted molar refractivity (Wildman–Crippen MR) is 132 cm³/mol. The van der Waals surface area contributed by atoms with Gasteiger partial charge in [-0.1, -0.05) is 30.3 Å². The van der Waals surface area contributed by atoms with Crippen LogP contribution in [0.3, 0.4) is 0 Å². The summed E-state index contributed by atoms with van der Waals surface area (Å²) in [5.74, 6) is 1.07. The molecule has 1 heterocycles. The van der Waals surface area contributed by atoms with Crippen LogP contribution in [0.15, 0.2) is 76.7 Å². The van der Waals surface area contributed by atoms with Crippen LogP contribution in [0.25, 0.3) is 0 Å². The molecular formula is C25H25N3O7S. The van der Waals surface area contributed by atoms with Crippen molar-refractivity contribution < 1.29 is 32.2 Å². The number of sulfonamides is 1. The second-order valence-corrected chi connectivity index (χ2v) is 9.59. The molecule has 1 N–H and O–H groups in total. The summed E-state index contributed by atoms with van der Waals surface area (Å²) >= 11 is 0. The summed E-state index contributed by atoms with van der Waals surface area (Å²) < 4.78 is 49.5. The molecule has 4 rings (SSSR count). The summed E-state index contributed by atoms with van der Waals surface area (Å²) in [6.07, 6.45) is 1.43. The van der Waals surface area contributed by atoms with E-state index in [1.54, 1.807) is 48.5 Å². The number of carbonyl (C=O) groups excluding carboxylic acids is 1. The highest BCUT2D eigenvalue weighted by Gasteiger charge is 2.30. The summed E-state index contributed by atoms with van der Waals surface area (Å²) in [6, 6.07) is 18.6. The number of nitrogens with one attached hydrogen (secondary N) is 1. The lowest BCUT2D eigenvalue weighted by Gasteiger charge is -2.23. The smallest absolute Gasteiger partial charge is 0.255 e. The highest BCUT2D eigenvalue weighted by atomic mass is 32.2. The van der Waals surface area contributed by atoms with Gasteiger partial charge in [0.25, 0.3) is 5.91 Å². The molecule has 0 aromatic heterocycles. The SMILES string of the molecule is COc1ccc(OC)c(S(=O)(=O)N(CC(=O)N/N=C/c2ccc3c(c2)OCO3)Cc2ccccc2)c1. The third kappa shape index (κ3) is 5.75. The molecule has 10 nitrogen and oxygen atoms in total. The third-order valence-electron chi connectivity index (χ3n) is 5.31. The molecule has 1 amide bonds. The van der Waals surface area contributed by atoms with Crippen molar-refractivity contribution in [3.63, 3.8) is 0 Å². The Balaban J connectivity index is 1.55. The standard InChI is InChI=1S/C25H25N3O7S/c1-32-20-9-11-22(33-2)24(13-20)36(30,31)28(15-18-6-4-3-5-7-18)16-25(29)27-26-14-19-8-10-21-23(12-19)35-17-34-21/h3-14H,15-17H2,1-2H3,(H,27,29)/b26-14+. The van der Waals surface area contributed by atoms with Crippen LogP contribution in [-0.4, -0.2) is 52.4 Å². The average molecular weight is 512 g/mol. The average Bonchev–Trinajstić information content (AvgIpc) is 3.36. The zero-order valence-corrected chi connectivity index (χ0v) is 20.5. The Morgan fingerprint density at radius 2 is 1.81 bits per heavy atom. The van der Waals surface area contributed by atoms with Gasteiger partial charge in [0, 0.05) is 12.6 Å². The van der Waals surface area contributed by atoms with Crippen molar-refractivity contribution in [1.29, 1.82) is 0 Å². The summed E-state index contributed by atoms with van der Waals surface area (Å²) in [4.78, 5) is 12.6. The van der Waals surface area contributed by atoms with Gasteiger partial charge in [-0.15, -0.1) is 0 Å². The number of hydrogen-bond donors (Lipinski definition) is 1. The lowest BCUT2D eigenvalue weighted by atomic mass is 10.2. The molecule has 1 aliphatic heterocycles. The van der Waals surface area contributed by atoms with E-state index in [1.165, 1.54) is 32.6 Å². The van der Waals surface area contributed by atoms with E-state index in [2.05, 4.69) is 10.5 Å². The van der Waals surface area contributed by atoms with Crippen molar-refractivity contribution in [2.45, 2.75) is 11.4 Å². The fraction of sp³-hybridized carbons (Fsp3) is 0.200. The van der Waals surface area contributed by atoms with Crippen LogP contribution in [0, 0.1) is 0 Å². The van der Waals surface area contributed by atoms with Gasteiger partial charge in [0.1, 0.15) is 16.4 Å². The lowest BCUT2D eigenvalue weighted by molar-refractivity contribution is -0.121. The minimum Gasteiger partial charge on any atom is -0.497 e. The molecule has 3 aromatic rings. The number of benzene rings is 3. The Bertz CT molecular complexity index is 1360. The largest absolute Gasteiger partial charge is 0.497 e. The molecule has 11 heteroatoms. The van der Waals surface area contributed by atoms with Crippen LogP contribution >= 0.6 is 0 Å². The second-order valence-electron chi connectivity index (χ2n) is 7.68. The Morgan fingerprint density at radius 1 is 1.03 bits per heavy atom. The van der Waals surface area contributed by atoms with E-state index in [0.29, 0.717) is 28.4 Å². The zero-order valence-electron chi connectivity index (χ0n) is 19.7. The topological polar surface area (TPSA) is 116 Å². The Morgan fingerprint density at radius 3 is 2.56 bits per heavy atom. The van der Waals surface area contributed by atoms with E-state index >= 15 is 0 Å². The van der Waals surface area contributed by atoms with Gasteiger partial charge in [-0.05, 0) is 41.5 Å². The molecule has 0 radical (unpaired) electrons. The summed E-state index contributed by atoms with van der Waals surface area (Å²) in [6.45, 7) is -0.366. The number of methoxy groups -OCH3 is 2. The van der Waals surface area contributed by atoms with E-state index in [4.69, 9.17) is 18.9 Å². The Labute approximate surface area is 209 Å². The Kier molecular flexibility index (Phi) is 7.71. The Hall–Kier alpha value is -4.09. The van der Waals surface area contributed by atoms with Crippen molar-refractivity contribution in [2.24, 2.45) is 5.10 Å². The number of rotatable bonds is 10. The molecule has 0 aliphatic carbocycles. The summed E-state index contributed by atoms with van der Waals surface area (Å²) in [7, 11) is -1.36. The predicted octanol–water partition coefficient (Wildman–Crippen LogP) is 2.77. The van der Waals surface area contributed by atoms with E-state index in [0.717, 1.165) is 4.31 Å². The highest BCUT2D eigenvalue weighted by molar-refractivity contribution is 7.89. The monoisotopic (exact) mass is 511 g/mol. The van der Waals surface area contributed by atoms with Gasteiger partial charge in [0.2, 0.25) is 16.8 Å². The molecule has 188 valence electrons. The van der Waals surface area contributed by atoms with Crippen molar-refractivity contribution in [3.8, 4) is 23.0 Å². The van der Waals surface area contributed by atoms with Crippen molar-refractivity contribution in [1.82, 2.24) is 9.73 Å². The molecule has 3 aromatic carbocycles. The lowest BCUT2D eigenvalue weighted by Crippen LogP contribution is -2.39. The second kappa shape index (κ2) is 11.1. The summed E-state index contributed by atoms with van der Waals surface area (Å²) in [5, 5.41) is 3.96. The maximum atomic E-state index is 13.7. The first-order valence-electron chi connectivity index (χ1n) is 10.9. The maximum absolute atomic E-state index is 13.7.